The highest BCUT2D eigenvalue weighted by Crippen LogP contribution is 2.45. The van der Waals surface area contributed by atoms with Crippen LogP contribution in [0, 0.1) is 0 Å². The lowest BCUT2D eigenvalue weighted by Crippen LogP contribution is -2.12. The maximum atomic E-state index is 12.6. The number of nitrogens with one attached hydrogen (secondary N) is 2. The largest absolute Gasteiger partial charge is 0.318 e. The zero-order valence-electron chi connectivity index (χ0n) is 15.3. The molecule has 0 saturated heterocycles. The third-order valence-electron chi connectivity index (χ3n) is 4.79. The molecule has 2 aromatic heterocycles. The fourth-order valence-electron chi connectivity index (χ4n) is 3.07. The minimum Gasteiger partial charge on any atom is -0.318 e. The Bertz CT molecular complexity index is 913. The molecular weight excluding hydrogens is 342 g/mol. The number of benzene rings is 1. The van der Waals surface area contributed by atoms with Gasteiger partial charge in [0, 0.05) is 11.5 Å². The number of nitrogens with zero attached hydrogens (tertiary/aromatic N) is 1. The van der Waals surface area contributed by atoms with Crippen LogP contribution in [0.5, 0.6) is 0 Å². The lowest BCUT2D eigenvalue weighted by atomic mass is 9.86. The van der Waals surface area contributed by atoms with Crippen molar-refractivity contribution in [2.24, 2.45) is 0 Å². The molecule has 1 aliphatic rings. The van der Waals surface area contributed by atoms with Crippen molar-refractivity contribution in [3.63, 3.8) is 0 Å². The molecule has 3 aromatic rings. The molecule has 0 spiro atoms. The van der Waals surface area contributed by atoms with Gasteiger partial charge >= 0.3 is 0 Å². The minimum absolute atomic E-state index is 0.0733. The predicted molar refractivity (Wildman–Crippen MR) is 107 cm³/mol. The van der Waals surface area contributed by atoms with Crippen LogP contribution in [-0.4, -0.2) is 16.1 Å². The first-order valence-electron chi connectivity index (χ1n) is 8.97. The third kappa shape index (κ3) is 3.31. The zero-order valence-corrected chi connectivity index (χ0v) is 16.1. The van der Waals surface area contributed by atoms with Crippen molar-refractivity contribution in [2.45, 2.75) is 44.9 Å². The first kappa shape index (κ1) is 17.0. The van der Waals surface area contributed by atoms with Crippen molar-refractivity contribution in [3.05, 3.63) is 57.9 Å². The van der Waals surface area contributed by atoms with Crippen LogP contribution in [0.4, 0.5) is 5.69 Å². The zero-order chi connectivity index (χ0) is 18.3. The minimum atomic E-state index is -0.0733. The summed E-state index contributed by atoms with van der Waals surface area (Å²) in [7, 11) is 0. The van der Waals surface area contributed by atoms with Gasteiger partial charge in [-0.1, -0.05) is 51.1 Å². The Morgan fingerprint density at radius 2 is 1.92 bits per heavy atom. The Balaban J connectivity index is 1.69. The third-order valence-corrected chi connectivity index (χ3v) is 5.66. The van der Waals surface area contributed by atoms with Gasteiger partial charge in [0.1, 0.15) is 5.69 Å². The lowest BCUT2D eigenvalue weighted by Gasteiger charge is -2.19. The maximum absolute atomic E-state index is 12.6. The van der Waals surface area contributed by atoms with Crippen molar-refractivity contribution >= 4 is 22.9 Å². The molecule has 26 heavy (non-hydrogen) atoms. The van der Waals surface area contributed by atoms with E-state index in [-0.39, 0.29) is 11.3 Å². The summed E-state index contributed by atoms with van der Waals surface area (Å²) in [6.45, 7) is 6.61. The highest BCUT2D eigenvalue weighted by molar-refractivity contribution is 7.12. The van der Waals surface area contributed by atoms with Gasteiger partial charge in [-0.2, -0.15) is 5.10 Å². The smallest absolute Gasteiger partial charge is 0.265 e. The van der Waals surface area contributed by atoms with Crippen molar-refractivity contribution in [3.8, 4) is 11.3 Å². The topological polar surface area (TPSA) is 57.8 Å². The van der Waals surface area contributed by atoms with Crippen LogP contribution in [0.3, 0.4) is 0 Å². The molecule has 0 unspecified atom stereocenters. The molecule has 2 heterocycles. The van der Waals surface area contributed by atoms with Gasteiger partial charge in [-0.3, -0.25) is 9.89 Å². The van der Waals surface area contributed by atoms with Crippen LogP contribution in [0.15, 0.2) is 41.8 Å². The lowest BCUT2D eigenvalue weighted by molar-refractivity contribution is 0.103. The Morgan fingerprint density at radius 3 is 2.50 bits per heavy atom. The standard InChI is InChI=1S/C21H23N3OS/c1-21(2,3)15-10-8-14(9-11-15)18-19(17(23-24-18)13-6-7-13)22-20(25)16-5-4-12-26-16/h4-5,8-13H,6-7H2,1-3H3,(H,22,25)(H,23,24). The quantitative estimate of drug-likeness (QED) is 0.635. The van der Waals surface area contributed by atoms with E-state index in [1.165, 1.54) is 16.9 Å². The van der Waals surface area contributed by atoms with Crippen LogP contribution in [0.1, 0.15) is 60.5 Å². The van der Waals surface area contributed by atoms with Gasteiger partial charge in [0.25, 0.3) is 5.91 Å². The van der Waals surface area contributed by atoms with Crippen molar-refractivity contribution in [1.29, 1.82) is 0 Å². The fraction of sp³-hybridized carbons (Fsp3) is 0.333. The van der Waals surface area contributed by atoms with Gasteiger partial charge in [-0.25, -0.2) is 0 Å². The number of aromatic nitrogens is 2. The number of aromatic amines is 1. The SMILES string of the molecule is CC(C)(C)c1ccc(-c2n[nH]c(C3CC3)c2NC(=O)c2cccs2)cc1. The molecule has 4 rings (SSSR count). The van der Waals surface area contributed by atoms with Crippen LogP contribution in [0.2, 0.25) is 0 Å². The molecule has 2 N–H and O–H groups in total. The van der Waals surface area contributed by atoms with Gasteiger partial charge in [-0.05, 0) is 35.3 Å². The normalized spacial score (nSPS) is 14.4. The molecule has 0 atom stereocenters. The van der Waals surface area contributed by atoms with E-state index < -0.39 is 0 Å². The molecule has 1 saturated carbocycles. The van der Waals surface area contributed by atoms with Gasteiger partial charge < -0.3 is 5.32 Å². The highest BCUT2D eigenvalue weighted by atomic mass is 32.1. The van der Waals surface area contributed by atoms with E-state index in [0.29, 0.717) is 10.8 Å². The molecule has 1 aliphatic carbocycles. The van der Waals surface area contributed by atoms with Gasteiger partial charge in [-0.15, -0.1) is 11.3 Å². The average molecular weight is 366 g/mol. The van der Waals surface area contributed by atoms with Crippen LogP contribution in [-0.2, 0) is 5.41 Å². The maximum Gasteiger partial charge on any atom is 0.265 e. The van der Waals surface area contributed by atoms with E-state index >= 15 is 0 Å². The number of anilines is 1. The van der Waals surface area contributed by atoms with E-state index in [2.05, 4.69) is 60.6 Å². The summed E-state index contributed by atoms with van der Waals surface area (Å²) < 4.78 is 0. The monoisotopic (exact) mass is 365 g/mol. The van der Waals surface area contributed by atoms with E-state index in [9.17, 15) is 4.79 Å². The Hall–Kier alpha value is -2.40. The molecule has 4 nitrogen and oxygen atoms in total. The number of hydrogen-bond acceptors (Lipinski definition) is 3. The van der Waals surface area contributed by atoms with Crippen molar-refractivity contribution < 1.29 is 4.79 Å². The molecule has 1 aromatic carbocycles. The van der Waals surface area contributed by atoms with Gasteiger partial charge in [0.05, 0.1) is 16.3 Å². The second kappa shape index (κ2) is 6.40. The Morgan fingerprint density at radius 1 is 1.19 bits per heavy atom. The number of amides is 1. The summed E-state index contributed by atoms with van der Waals surface area (Å²) in [5.74, 6) is 0.402. The summed E-state index contributed by atoms with van der Waals surface area (Å²) in [5, 5.41) is 12.7. The molecule has 134 valence electrons. The van der Waals surface area contributed by atoms with E-state index in [4.69, 9.17) is 0 Å². The summed E-state index contributed by atoms with van der Waals surface area (Å²) >= 11 is 1.45. The Kier molecular flexibility index (Phi) is 4.19. The number of hydrogen-bond donors (Lipinski definition) is 2. The second-order valence-electron chi connectivity index (χ2n) is 7.89. The average Bonchev–Trinajstić information content (AvgIpc) is 3.14. The molecule has 5 heteroatoms. The van der Waals surface area contributed by atoms with E-state index in [1.807, 2.05) is 17.5 Å². The summed E-state index contributed by atoms with van der Waals surface area (Å²) in [6, 6.07) is 12.2. The van der Waals surface area contributed by atoms with Crippen LogP contribution >= 0.6 is 11.3 Å². The fourth-order valence-corrected chi connectivity index (χ4v) is 3.69. The van der Waals surface area contributed by atoms with Crippen LogP contribution < -0.4 is 5.32 Å². The van der Waals surface area contributed by atoms with Crippen molar-refractivity contribution in [1.82, 2.24) is 10.2 Å². The number of rotatable bonds is 4. The molecule has 0 aliphatic heterocycles. The first-order chi connectivity index (χ1) is 12.4. The molecular formula is C21H23N3OS. The molecule has 1 fully saturated rings. The number of H-pyrrole nitrogens is 1. The molecule has 0 radical (unpaired) electrons. The van der Waals surface area contributed by atoms with Crippen LogP contribution in [0.25, 0.3) is 11.3 Å². The number of thiophene rings is 1. The highest BCUT2D eigenvalue weighted by Gasteiger charge is 2.31. The molecule has 1 amide bonds. The Labute approximate surface area is 157 Å². The van der Waals surface area contributed by atoms with Gasteiger partial charge in [0.2, 0.25) is 0 Å². The van der Waals surface area contributed by atoms with Gasteiger partial charge in [0.15, 0.2) is 0 Å². The van der Waals surface area contributed by atoms with E-state index in [0.717, 1.165) is 35.5 Å². The summed E-state index contributed by atoms with van der Waals surface area (Å²) in [6.07, 6.45) is 2.29. The number of carbonyl (C=O) groups excluding carboxylic acids is 1. The predicted octanol–water partition coefficient (Wildman–Crippen LogP) is 5.57. The number of carbonyl (C=O) groups is 1. The summed E-state index contributed by atoms with van der Waals surface area (Å²) in [4.78, 5) is 13.3. The summed E-state index contributed by atoms with van der Waals surface area (Å²) in [5.41, 5.74) is 5.10. The van der Waals surface area contributed by atoms with E-state index in [1.54, 1.807) is 0 Å². The second-order valence-corrected chi connectivity index (χ2v) is 8.84. The first-order valence-corrected chi connectivity index (χ1v) is 9.85. The van der Waals surface area contributed by atoms with Crippen molar-refractivity contribution in [2.75, 3.05) is 5.32 Å². The molecule has 0 bridgehead atoms.